The summed E-state index contributed by atoms with van der Waals surface area (Å²) in [5.74, 6) is 0. The van der Waals surface area contributed by atoms with E-state index in [1.54, 1.807) is 7.11 Å². The molecule has 74 valence electrons. The molecule has 2 heteroatoms. The van der Waals surface area contributed by atoms with Gasteiger partial charge in [-0.25, -0.2) is 0 Å². The fraction of sp³-hybridized carbons (Fsp3) is 1.00. The minimum absolute atomic E-state index is 0.678. The first-order valence-corrected chi connectivity index (χ1v) is 5.03. The molecular weight excluding hydrogens is 150 g/mol. The van der Waals surface area contributed by atoms with Crippen LogP contribution in [0.1, 0.15) is 39.5 Å². The third kappa shape index (κ3) is 8.02. The van der Waals surface area contributed by atoms with Gasteiger partial charge in [0.1, 0.15) is 0 Å². The molecule has 0 fully saturated rings. The fourth-order valence-corrected chi connectivity index (χ4v) is 1.32. The standard InChI is InChI=1S/C10H23NO/c1-4-11-10(2)8-6-5-7-9-12-3/h10-11H,4-9H2,1-3H3. The Labute approximate surface area is 76.7 Å². The molecular formula is C10H23NO. The lowest BCUT2D eigenvalue weighted by Gasteiger charge is -2.11. The number of nitrogens with one attached hydrogen (secondary N) is 1. The normalized spacial score (nSPS) is 13.2. The van der Waals surface area contributed by atoms with Gasteiger partial charge in [0.25, 0.3) is 0 Å². The van der Waals surface area contributed by atoms with E-state index in [2.05, 4.69) is 19.2 Å². The van der Waals surface area contributed by atoms with Crippen LogP contribution in [0.3, 0.4) is 0 Å². The molecule has 0 aliphatic heterocycles. The minimum atomic E-state index is 0.678. The smallest absolute Gasteiger partial charge is 0.0462 e. The van der Waals surface area contributed by atoms with Crippen LogP contribution >= 0.6 is 0 Å². The number of hydrogen-bond acceptors (Lipinski definition) is 2. The molecule has 0 aromatic heterocycles. The molecule has 0 spiro atoms. The summed E-state index contributed by atoms with van der Waals surface area (Å²) < 4.78 is 4.98. The minimum Gasteiger partial charge on any atom is -0.385 e. The first-order valence-electron chi connectivity index (χ1n) is 5.03. The van der Waals surface area contributed by atoms with Crippen molar-refractivity contribution in [3.63, 3.8) is 0 Å². The summed E-state index contributed by atoms with van der Waals surface area (Å²) in [6, 6.07) is 0.678. The molecule has 0 heterocycles. The number of methoxy groups -OCH3 is 1. The van der Waals surface area contributed by atoms with E-state index in [-0.39, 0.29) is 0 Å². The Bertz CT molecular complexity index is 85.9. The molecule has 0 bridgehead atoms. The first kappa shape index (κ1) is 11.9. The van der Waals surface area contributed by atoms with E-state index >= 15 is 0 Å². The Hall–Kier alpha value is -0.0800. The van der Waals surface area contributed by atoms with Gasteiger partial charge in [-0.3, -0.25) is 0 Å². The van der Waals surface area contributed by atoms with Crippen LogP contribution in [0, 0.1) is 0 Å². The quantitative estimate of drug-likeness (QED) is 0.568. The highest BCUT2D eigenvalue weighted by Gasteiger charge is 1.97. The number of rotatable bonds is 8. The first-order chi connectivity index (χ1) is 5.81. The molecule has 0 saturated carbocycles. The van der Waals surface area contributed by atoms with Gasteiger partial charge in [-0.05, 0) is 26.3 Å². The van der Waals surface area contributed by atoms with Crippen LogP contribution in [-0.4, -0.2) is 26.3 Å². The summed E-state index contributed by atoms with van der Waals surface area (Å²) in [4.78, 5) is 0. The molecule has 0 saturated heterocycles. The Morgan fingerprint density at radius 3 is 2.58 bits per heavy atom. The number of ether oxygens (including phenoxy) is 1. The summed E-state index contributed by atoms with van der Waals surface area (Å²) in [7, 11) is 1.77. The van der Waals surface area contributed by atoms with Gasteiger partial charge in [0.05, 0.1) is 0 Å². The molecule has 0 aliphatic rings. The summed E-state index contributed by atoms with van der Waals surface area (Å²) >= 11 is 0. The van der Waals surface area contributed by atoms with Crippen molar-refractivity contribution < 1.29 is 4.74 Å². The Morgan fingerprint density at radius 1 is 1.25 bits per heavy atom. The maximum Gasteiger partial charge on any atom is 0.0462 e. The molecule has 0 rings (SSSR count). The van der Waals surface area contributed by atoms with E-state index in [9.17, 15) is 0 Å². The maximum absolute atomic E-state index is 4.98. The van der Waals surface area contributed by atoms with Crippen LogP contribution in [0.5, 0.6) is 0 Å². The lowest BCUT2D eigenvalue weighted by Crippen LogP contribution is -2.25. The zero-order valence-electron chi connectivity index (χ0n) is 8.73. The average molecular weight is 173 g/mol. The van der Waals surface area contributed by atoms with Gasteiger partial charge >= 0.3 is 0 Å². The predicted octanol–water partition coefficient (Wildman–Crippen LogP) is 2.19. The third-order valence-corrected chi connectivity index (χ3v) is 2.04. The van der Waals surface area contributed by atoms with Crippen molar-refractivity contribution in [1.29, 1.82) is 0 Å². The summed E-state index contributed by atoms with van der Waals surface area (Å²) in [5.41, 5.74) is 0. The molecule has 0 aromatic rings. The van der Waals surface area contributed by atoms with E-state index in [4.69, 9.17) is 4.74 Å². The SMILES string of the molecule is CCNC(C)CCCCCOC. The zero-order chi connectivity index (χ0) is 9.23. The average Bonchev–Trinajstić information content (AvgIpc) is 2.05. The van der Waals surface area contributed by atoms with Crippen LogP contribution in [-0.2, 0) is 4.74 Å². The number of hydrogen-bond donors (Lipinski definition) is 1. The van der Waals surface area contributed by atoms with E-state index in [0.29, 0.717) is 6.04 Å². The molecule has 0 aromatic carbocycles. The lowest BCUT2D eigenvalue weighted by atomic mass is 10.1. The summed E-state index contributed by atoms with van der Waals surface area (Å²) in [6.45, 7) is 6.40. The van der Waals surface area contributed by atoms with Gasteiger partial charge in [0.2, 0.25) is 0 Å². The van der Waals surface area contributed by atoms with E-state index in [1.165, 1.54) is 25.7 Å². The van der Waals surface area contributed by atoms with Gasteiger partial charge in [-0.2, -0.15) is 0 Å². The summed E-state index contributed by atoms with van der Waals surface area (Å²) in [5, 5.41) is 3.41. The number of unbranched alkanes of at least 4 members (excludes halogenated alkanes) is 2. The predicted molar refractivity (Wildman–Crippen MR) is 53.5 cm³/mol. The lowest BCUT2D eigenvalue weighted by molar-refractivity contribution is 0.191. The third-order valence-electron chi connectivity index (χ3n) is 2.04. The molecule has 1 N–H and O–H groups in total. The van der Waals surface area contributed by atoms with Crippen LogP contribution in [0.4, 0.5) is 0 Å². The van der Waals surface area contributed by atoms with Gasteiger partial charge in [-0.1, -0.05) is 19.8 Å². The van der Waals surface area contributed by atoms with Crippen molar-refractivity contribution >= 4 is 0 Å². The van der Waals surface area contributed by atoms with Gasteiger partial charge in [-0.15, -0.1) is 0 Å². The van der Waals surface area contributed by atoms with Crippen LogP contribution < -0.4 is 5.32 Å². The second kappa shape index (κ2) is 9.01. The monoisotopic (exact) mass is 173 g/mol. The van der Waals surface area contributed by atoms with Gasteiger partial charge in [0.15, 0.2) is 0 Å². The zero-order valence-corrected chi connectivity index (χ0v) is 8.73. The van der Waals surface area contributed by atoms with Crippen molar-refractivity contribution in [2.75, 3.05) is 20.3 Å². The molecule has 12 heavy (non-hydrogen) atoms. The second-order valence-electron chi connectivity index (χ2n) is 3.30. The van der Waals surface area contributed by atoms with Crippen LogP contribution in [0.25, 0.3) is 0 Å². The van der Waals surface area contributed by atoms with Crippen LogP contribution in [0.15, 0.2) is 0 Å². The topological polar surface area (TPSA) is 21.3 Å². The van der Waals surface area contributed by atoms with E-state index in [1.807, 2.05) is 0 Å². The Balaban J connectivity index is 2.97. The Morgan fingerprint density at radius 2 is 2.00 bits per heavy atom. The van der Waals surface area contributed by atoms with E-state index < -0.39 is 0 Å². The van der Waals surface area contributed by atoms with E-state index in [0.717, 1.165) is 13.2 Å². The maximum atomic E-state index is 4.98. The highest BCUT2D eigenvalue weighted by molar-refractivity contribution is 4.58. The Kier molecular flexibility index (Phi) is 8.95. The van der Waals surface area contributed by atoms with Crippen molar-refractivity contribution in [3.8, 4) is 0 Å². The molecule has 1 atom stereocenters. The highest BCUT2D eigenvalue weighted by Crippen LogP contribution is 2.02. The van der Waals surface area contributed by atoms with Gasteiger partial charge in [0, 0.05) is 19.8 Å². The molecule has 0 aliphatic carbocycles. The van der Waals surface area contributed by atoms with Crippen molar-refractivity contribution in [1.82, 2.24) is 5.32 Å². The fourth-order valence-electron chi connectivity index (χ4n) is 1.32. The molecule has 2 nitrogen and oxygen atoms in total. The van der Waals surface area contributed by atoms with Gasteiger partial charge < -0.3 is 10.1 Å². The van der Waals surface area contributed by atoms with Crippen molar-refractivity contribution in [2.24, 2.45) is 0 Å². The largest absolute Gasteiger partial charge is 0.385 e. The van der Waals surface area contributed by atoms with Crippen molar-refractivity contribution in [3.05, 3.63) is 0 Å². The summed E-state index contributed by atoms with van der Waals surface area (Å²) in [6.07, 6.45) is 5.11. The van der Waals surface area contributed by atoms with Crippen molar-refractivity contribution in [2.45, 2.75) is 45.6 Å². The highest BCUT2D eigenvalue weighted by atomic mass is 16.5. The second-order valence-corrected chi connectivity index (χ2v) is 3.30. The van der Waals surface area contributed by atoms with Crippen LogP contribution in [0.2, 0.25) is 0 Å². The molecule has 0 radical (unpaired) electrons. The molecule has 1 unspecified atom stereocenters. The molecule has 0 amide bonds.